The van der Waals surface area contributed by atoms with Gasteiger partial charge in [0.15, 0.2) is 0 Å². The quantitative estimate of drug-likeness (QED) is 0.881. The van der Waals surface area contributed by atoms with Gasteiger partial charge in [-0.2, -0.15) is 0 Å². The second kappa shape index (κ2) is 7.28. The van der Waals surface area contributed by atoms with E-state index in [1.165, 1.54) is 0 Å². The lowest BCUT2D eigenvalue weighted by atomic mass is 10.2. The van der Waals surface area contributed by atoms with Crippen LogP contribution in [0, 0.1) is 0 Å². The molecule has 2 N–H and O–H groups in total. The minimum absolute atomic E-state index is 0.173. The van der Waals surface area contributed by atoms with Crippen molar-refractivity contribution in [3.8, 4) is 0 Å². The van der Waals surface area contributed by atoms with Gasteiger partial charge in [-0.3, -0.25) is 4.79 Å². The number of halogens is 1. The molecule has 0 aliphatic heterocycles. The molecule has 6 heteroatoms. The molecule has 0 radical (unpaired) electrons. The molecule has 1 rings (SSSR count). The number of para-hydroxylation sites is 1. The van der Waals surface area contributed by atoms with Gasteiger partial charge in [0.25, 0.3) is 0 Å². The van der Waals surface area contributed by atoms with Crippen molar-refractivity contribution in [1.29, 1.82) is 0 Å². The Bertz CT molecular complexity index is 484. The van der Waals surface area contributed by atoms with Gasteiger partial charge >= 0.3 is 6.09 Å². The van der Waals surface area contributed by atoms with Gasteiger partial charge in [-0.05, 0) is 48.8 Å². The number of benzene rings is 1. The summed E-state index contributed by atoms with van der Waals surface area (Å²) in [6.45, 7) is 5.58. The number of nitrogens with one attached hydrogen (secondary N) is 2. The highest BCUT2D eigenvalue weighted by atomic mass is 79.9. The molecular formula is C14H19BrN2O3. The molecule has 0 spiro atoms. The van der Waals surface area contributed by atoms with Gasteiger partial charge in [0.2, 0.25) is 5.91 Å². The predicted molar refractivity (Wildman–Crippen MR) is 81.6 cm³/mol. The summed E-state index contributed by atoms with van der Waals surface area (Å²) >= 11 is 3.34. The Morgan fingerprint density at radius 1 is 1.25 bits per heavy atom. The van der Waals surface area contributed by atoms with E-state index < -0.39 is 11.7 Å². The molecule has 0 saturated heterocycles. The summed E-state index contributed by atoms with van der Waals surface area (Å²) < 4.78 is 5.88. The number of anilines is 1. The van der Waals surface area contributed by atoms with Crippen LogP contribution in [-0.2, 0) is 9.53 Å². The van der Waals surface area contributed by atoms with E-state index in [4.69, 9.17) is 4.74 Å². The molecule has 5 nitrogen and oxygen atoms in total. The van der Waals surface area contributed by atoms with E-state index in [-0.39, 0.29) is 18.9 Å². The van der Waals surface area contributed by atoms with Crippen molar-refractivity contribution in [2.45, 2.75) is 32.8 Å². The first kappa shape index (κ1) is 16.5. The zero-order valence-electron chi connectivity index (χ0n) is 11.8. The van der Waals surface area contributed by atoms with Gasteiger partial charge in [-0.25, -0.2) is 4.79 Å². The van der Waals surface area contributed by atoms with Gasteiger partial charge in [0.05, 0.1) is 5.69 Å². The molecule has 0 heterocycles. The highest BCUT2D eigenvalue weighted by Gasteiger charge is 2.15. The van der Waals surface area contributed by atoms with E-state index in [2.05, 4.69) is 26.6 Å². The molecule has 0 bridgehead atoms. The maximum atomic E-state index is 11.7. The summed E-state index contributed by atoms with van der Waals surface area (Å²) in [7, 11) is 0. The van der Waals surface area contributed by atoms with Crippen LogP contribution in [0.2, 0.25) is 0 Å². The zero-order valence-corrected chi connectivity index (χ0v) is 13.4. The average Bonchev–Trinajstić information content (AvgIpc) is 2.29. The Morgan fingerprint density at radius 2 is 1.90 bits per heavy atom. The molecular weight excluding hydrogens is 324 g/mol. The first-order valence-electron chi connectivity index (χ1n) is 6.29. The number of amides is 2. The summed E-state index contributed by atoms with van der Waals surface area (Å²) in [4.78, 5) is 23.1. The van der Waals surface area contributed by atoms with Crippen LogP contribution in [-0.4, -0.2) is 24.1 Å². The van der Waals surface area contributed by atoms with E-state index in [0.29, 0.717) is 5.69 Å². The smallest absolute Gasteiger partial charge is 0.407 e. The minimum Gasteiger partial charge on any atom is -0.444 e. The Balaban J connectivity index is 2.31. The number of hydrogen-bond acceptors (Lipinski definition) is 3. The average molecular weight is 343 g/mol. The molecule has 2 amide bonds. The number of hydrogen-bond donors (Lipinski definition) is 2. The van der Waals surface area contributed by atoms with E-state index in [1.807, 2.05) is 18.2 Å². The Morgan fingerprint density at radius 3 is 2.50 bits per heavy atom. The second-order valence-corrected chi connectivity index (χ2v) is 6.06. The van der Waals surface area contributed by atoms with Crippen molar-refractivity contribution in [3.63, 3.8) is 0 Å². The summed E-state index contributed by atoms with van der Waals surface area (Å²) in [5.74, 6) is -0.173. The fourth-order valence-electron chi connectivity index (χ4n) is 1.37. The topological polar surface area (TPSA) is 67.4 Å². The number of rotatable bonds is 4. The summed E-state index contributed by atoms with van der Waals surface area (Å²) in [5, 5.41) is 5.29. The Kier molecular flexibility index (Phi) is 6.01. The molecule has 1 aromatic carbocycles. The van der Waals surface area contributed by atoms with Gasteiger partial charge in [-0.1, -0.05) is 12.1 Å². The molecule has 0 saturated carbocycles. The van der Waals surface area contributed by atoms with Crippen LogP contribution < -0.4 is 10.6 Å². The van der Waals surface area contributed by atoms with Crippen molar-refractivity contribution < 1.29 is 14.3 Å². The second-order valence-electron chi connectivity index (χ2n) is 5.21. The van der Waals surface area contributed by atoms with Gasteiger partial charge < -0.3 is 15.4 Å². The van der Waals surface area contributed by atoms with Crippen molar-refractivity contribution in [3.05, 3.63) is 28.7 Å². The normalized spacial score (nSPS) is 10.8. The van der Waals surface area contributed by atoms with Gasteiger partial charge in [0.1, 0.15) is 5.60 Å². The summed E-state index contributed by atoms with van der Waals surface area (Å²) in [6.07, 6.45) is -0.341. The zero-order chi connectivity index (χ0) is 15.2. The lowest BCUT2D eigenvalue weighted by Gasteiger charge is -2.19. The molecule has 0 unspecified atom stereocenters. The lowest BCUT2D eigenvalue weighted by Crippen LogP contribution is -2.34. The summed E-state index contributed by atoms with van der Waals surface area (Å²) in [5.41, 5.74) is 0.163. The Labute approximate surface area is 127 Å². The SMILES string of the molecule is CC(C)(C)OC(=O)NCCC(=O)Nc1ccccc1Br. The van der Waals surface area contributed by atoms with Crippen molar-refractivity contribution in [1.82, 2.24) is 5.32 Å². The van der Waals surface area contributed by atoms with Gasteiger partial charge in [0, 0.05) is 17.4 Å². The lowest BCUT2D eigenvalue weighted by molar-refractivity contribution is -0.116. The molecule has 20 heavy (non-hydrogen) atoms. The highest BCUT2D eigenvalue weighted by molar-refractivity contribution is 9.10. The van der Waals surface area contributed by atoms with Crippen LogP contribution in [0.15, 0.2) is 28.7 Å². The number of alkyl carbamates (subject to hydrolysis) is 1. The third-order valence-corrected chi connectivity index (χ3v) is 2.86. The maximum absolute atomic E-state index is 11.7. The molecule has 110 valence electrons. The van der Waals surface area contributed by atoms with Gasteiger partial charge in [-0.15, -0.1) is 0 Å². The van der Waals surface area contributed by atoms with E-state index in [1.54, 1.807) is 26.8 Å². The minimum atomic E-state index is -0.540. The van der Waals surface area contributed by atoms with Crippen LogP contribution >= 0.6 is 15.9 Å². The van der Waals surface area contributed by atoms with Crippen molar-refractivity contribution >= 4 is 33.6 Å². The third kappa shape index (κ3) is 6.56. The molecule has 0 aliphatic carbocycles. The van der Waals surface area contributed by atoms with Crippen LogP contribution in [0.4, 0.5) is 10.5 Å². The molecule has 0 aromatic heterocycles. The fourth-order valence-corrected chi connectivity index (χ4v) is 1.75. The monoisotopic (exact) mass is 342 g/mol. The van der Waals surface area contributed by atoms with E-state index in [9.17, 15) is 9.59 Å². The highest BCUT2D eigenvalue weighted by Crippen LogP contribution is 2.21. The number of carbonyl (C=O) groups is 2. The van der Waals surface area contributed by atoms with Crippen molar-refractivity contribution in [2.24, 2.45) is 0 Å². The maximum Gasteiger partial charge on any atom is 0.407 e. The number of ether oxygens (including phenoxy) is 1. The largest absolute Gasteiger partial charge is 0.444 e. The first-order chi connectivity index (χ1) is 9.28. The predicted octanol–water partition coefficient (Wildman–Crippen LogP) is 3.30. The first-order valence-corrected chi connectivity index (χ1v) is 7.08. The Hall–Kier alpha value is -1.56. The van der Waals surface area contributed by atoms with E-state index in [0.717, 1.165) is 4.47 Å². The molecule has 0 aliphatic rings. The third-order valence-electron chi connectivity index (χ3n) is 2.17. The molecule has 1 aromatic rings. The van der Waals surface area contributed by atoms with Crippen LogP contribution in [0.5, 0.6) is 0 Å². The van der Waals surface area contributed by atoms with E-state index >= 15 is 0 Å². The van der Waals surface area contributed by atoms with Crippen LogP contribution in [0.3, 0.4) is 0 Å². The number of carbonyl (C=O) groups excluding carboxylic acids is 2. The molecule has 0 fully saturated rings. The fraction of sp³-hybridized carbons (Fsp3) is 0.429. The summed E-state index contributed by atoms with van der Waals surface area (Å²) in [6, 6.07) is 7.33. The van der Waals surface area contributed by atoms with Crippen LogP contribution in [0.25, 0.3) is 0 Å². The van der Waals surface area contributed by atoms with Crippen LogP contribution in [0.1, 0.15) is 27.2 Å². The van der Waals surface area contributed by atoms with Crippen molar-refractivity contribution in [2.75, 3.05) is 11.9 Å². The standard InChI is InChI=1S/C14H19BrN2O3/c1-14(2,3)20-13(19)16-9-8-12(18)17-11-7-5-4-6-10(11)15/h4-7H,8-9H2,1-3H3,(H,16,19)(H,17,18). The molecule has 0 atom stereocenters.